The van der Waals surface area contributed by atoms with Gasteiger partial charge in [-0.1, -0.05) is 39.0 Å². The Bertz CT molecular complexity index is 726. The van der Waals surface area contributed by atoms with E-state index in [-0.39, 0.29) is 11.3 Å². The molecule has 1 aliphatic heterocycles. The van der Waals surface area contributed by atoms with Crippen molar-refractivity contribution in [3.05, 3.63) is 53.9 Å². The van der Waals surface area contributed by atoms with Crippen LogP contribution in [0.4, 0.5) is 11.4 Å². The SMILES string of the molecule is CC(C)(C)c1ccccc1NC(=O)c1ccc(N2CCCCC2)cn1. The average Bonchev–Trinajstić information content (AvgIpc) is 2.62. The van der Waals surface area contributed by atoms with Crippen LogP contribution >= 0.6 is 0 Å². The molecule has 0 bridgehead atoms. The molecule has 0 radical (unpaired) electrons. The van der Waals surface area contributed by atoms with Crippen molar-refractivity contribution in [1.82, 2.24) is 4.98 Å². The van der Waals surface area contributed by atoms with Gasteiger partial charge in [-0.15, -0.1) is 0 Å². The maximum atomic E-state index is 12.6. The van der Waals surface area contributed by atoms with E-state index >= 15 is 0 Å². The number of nitrogens with zero attached hydrogens (tertiary/aromatic N) is 2. The number of amides is 1. The molecule has 0 saturated carbocycles. The first-order valence-corrected chi connectivity index (χ1v) is 9.07. The molecular weight excluding hydrogens is 310 g/mol. The fourth-order valence-electron chi connectivity index (χ4n) is 3.29. The van der Waals surface area contributed by atoms with Gasteiger partial charge in [-0.2, -0.15) is 0 Å². The van der Waals surface area contributed by atoms with Gasteiger partial charge in [0.2, 0.25) is 0 Å². The number of hydrogen-bond acceptors (Lipinski definition) is 3. The molecule has 1 N–H and O–H groups in total. The van der Waals surface area contributed by atoms with Crippen molar-refractivity contribution in [2.24, 2.45) is 0 Å². The van der Waals surface area contributed by atoms with Gasteiger partial charge in [-0.25, -0.2) is 4.98 Å². The fourth-order valence-corrected chi connectivity index (χ4v) is 3.29. The van der Waals surface area contributed by atoms with Crippen molar-refractivity contribution in [1.29, 1.82) is 0 Å². The van der Waals surface area contributed by atoms with Crippen LogP contribution in [0.25, 0.3) is 0 Å². The van der Waals surface area contributed by atoms with Crippen LogP contribution in [-0.4, -0.2) is 24.0 Å². The standard InChI is InChI=1S/C21H27N3O/c1-21(2,3)17-9-5-6-10-18(17)23-20(25)19-12-11-16(15-22-19)24-13-7-4-8-14-24/h5-6,9-12,15H,4,7-8,13-14H2,1-3H3,(H,23,25). The Balaban J connectivity index is 1.74. The summed E-state index contributed by atoms with van der Waals surface area (Å²) in [5.74, 6) is -0.165. The first-order valence-electron chi connectivity index (χ1n) is 9.07. The van der Waals surface area contributed by atoms with E-state index in [1.165, 1.54) is 19.3 Å². The summed E-state index contributed by atoms with van der Waals surface area (Å²) in [6.45, 7) is 8.58. The number of pyridine rings is 1. The molecule has 1 amide bonds. The second-order valence-corrected chi connectivity index (χ2v) is 7.70. The second-order valence-electron chi connectivity index (χ2n) is 7.70. The minimum absolute atomic E-state index is 0.0323. The lowest BCUT2D eigenvalue weighted by Gasteiger charge is -2.28. The third-order valence-corrected chi connectivity index (χ3v) is 4.68. The maximum Gasteiger partial charge on any atom is 0.274 e. The summed E-state index contributed by atoms with van der Waals surface area (Å²) in [4.78, 5) is 19.3. The van der Waals surface area contributed by atoms with Gasteiger partial charge in [0.25, 0.3) is 5.91 Å². The molecule has 1 fully saturated rings. The molecule has 25 heavy (non-hydrogen) atoms. The Morgan fingerprint density at radius 2 is 1.76 bits per heavy atom. The minimum Gasteiger partial charge on any atom is -0.370 e. The number of hydrogen-bond donors (Lipinski definition) is 1. The molecule has 4 heteroatoms. The summed E-state index contributed by atoms with van der Waals surface area (Å²) >= 11 is 0. The number of piperidine rings is 1. The first-order chi connectivity index (χ1) is 11.9. The van der Waals surface area contributed by atoms with Crippen molar-refractivity contribution in [2.45, 2.75) is 45.4 Å². The molecule has 0 aliphatic carbocycles. The van der Waals surface area contributed by atoms with Crippen LogP contribution in [0.5, 0.6) is 0 Å². The van der Waals surface area contributed by atoms with E-state index in [1.807, 2.05) is 36.5 Å². The summed E-state index contributed by atoms with van der Waals surface area (Å²) in [5.41, 5.74) is 3.49. The van der Waals surface area contributed by atoms with Crippen LogP contribution in [0.3, 0.4) is 0 Å². The van der Waals surface area contributed by atoms with Gasteiger partial charge < -0.3 is 10.2 Å². The lowest BCUT2D eigenvalue weighted by Crippen LogP contribution is -2.29. The fraction of sp³-hybridized carbons (Fsp3) is 0.429. The average molecular weight is 337 g/mol. The maximum absolute atomic E-state index is 12.6. The molecule has 4 nitrogen and oxygen atoms in total. The van der Waals surface area contributed by atoms with E-state index in [4.69, 9.17) is 0 Å². The van der Waals surface area contributed by atoms with E-state index < -0.39 is 0 Å². The monoisotopic (exact) mass is 337 g/mol. The van der Waals surface area contributed by atoms with Crippen LogP contribution < -0.4 is 10.2 Å². The van der Waals surface area contributed by atoms with E-state index in [0.29, 0.717) is 5.69 Å². The van der Waals surface area contributed by atoms with Crippen LogP contribution in [0.1, 0.15) is 56.1 Å². The number of nitrogens with one attached hydrogen (secondary N) is 1. The number of anilines is 2. The predicted octanol–water partition coefficient (Wildman–Crippen LogP) is 4.62. The lowest BCUT2D eigenvalue weighted by atomic mass is 9.86. The van der Waals surface area contributed by atoms with Crippen molar-refractivity contribution in [3.8, 4) is 0 Å². The smallest absolute Gasteiger partial charge is 0.274 e. The number of carbonyl (C=O) groups is 1. The lowest BCUT2D eigenvalue weighted by molar-refractivity contribution is 0.102. The van der Waals surface area contributed by atoms with E-state index in [9.17, 15) is 4.79 Å². The molecule has 0 spiro atoms. The van der Waals surface area contributed by atoms with Gasteiger partial charge in [-0.05, 0) is 48.4 Å². The number of benzene rings is 1. The largest absolute Gasteiger partial charge is 0.370 e. The second kappa shape index (κ2) is 7.26. The van der Waals surface area contributed by atoms with Gasteiger partial charge in [0.15, 0.2) is 0 Å². The number of rotatable bonds is 3. The van der Waals surface area contributed by atoms with E-state index in [0.717, 1.165) is 30.0 Å². The summed E-state index contributed by atoms with van der Waals surface area (Å²) < 4.78 is 0. The summed E-state index contributed by atoms with van der Waals surface area (Å²) in [5, 5.41) is 3.02. The molecule has 2 heterocycles. The van der Waals surface area contributed by atoms with Gasteiger partial charge in [0.1, 0.15) is 5.69 Å². The normalized spacial score (nSPS) is 15.1. The van der Waals surface area contributed by atoms with Crippen molar-refractivity contribution in [3.63, 3.8) is 0 Å². The summed E-state index contributed by atoms with van der Waals surface area (Å²) in [7, 11) is 0. The molecule has 1 aliphatic rings. The van der Waals surface area contributed by atoms with Crippen LogP contribution in [-0.2, 0) is 5.41 Å². The zero-order valence-electron chi connectivity index (χ0n) is 15.4. The highest BCUT2D eigenvalue weighted by molar-refractivity contribution is 6.03. The zero-order chi connectivity index (χ0) is 17.9. The number of para-hydroxylation sites is 1. The molecule has 0 atom stereocenters. The quantitative estimate of drug-likeness (QED) is 0.889. The summed E-state index contributed by atoms with van der Waals surface area (Å²) in [6, 6.07) is 11.8. The van der Waals surface area contributed by atoms with Crippen LogP contribution in [0.15, 0.2) is 42.6 Å². The highest BCUT2D eigenvalue weighted by Crippen LogP contribution is 2.29. The Labute approximate surface area is 150 Å². The van der Waals surface area contributed by atoms with Crippen molar-refractivity contribution in [2.75, 3.05) is 23.3 Å². The van der Waals surface area contributed by atoms with Crippen molar-refractivity contribution >= 4 is 17.3 Å². The third-order valence-electron chi connectivity index (χ3n) is 4.68. The Hall–Kier alpha value is -2.36. The van der Waals surface area contributed by atoms with Crippen molar-refractivity contribution < 1.29 is 4.79 Å². The molecule has 132 valence electrons. The first kappa shape index (κ1) is 17.5. The third kappa shape index (κ3) is 4.19. The Kier molecular flexibility index (Phi) is 5.07. The van der Waals surface area contributed by atoms with E-state index in [2.05, 4.69) is 42.0 Å². The Morgan fingerprint density at radius 3 is 2.40 bits per heavy atom. The topological polar surface area (TPSA) is 45.2 Å². The highest BCUT2D eigenvalue weighted by atomic mass is 16.1. The van der Waals surface area contributed by atoms with Gasteiger partial charge in [-0.3, -0.25) is 4.79 Å². The van der Waals surface area contributed by atoms with E-state index in [1.54, 1.807) is 0 Å². The summed E-state index contributed by atoms with van der Waals surface area (Å²) in [6.07, 6.45) is 5.57. The molecule has 1 aromatic carbocycles. The molecule has 2 aromatic rings. The van der Waals surface area contributed by atoms with Crippen LogP contribution in [0, 0.1) is 0 Å². The van der Waals surface area contributed by atoms with Gasteiger partial charge in [0, 0.05) is 18.8 Å². The Morgan fingerprint density at radius 1 is 1.04 bits per heavy atom. The number of carbonyl (C=O) groups excluding carboxylic acids is 1. The molecule has 0 unspecified atom stereocenters. The highest BCUT2D eigenvalue weighted by Gasteiger charge is 2.19. The predicted molar refractivity (Wildman–Crippen MR) is 103 cm³/mol. The van der Waals surface area contributed by atoms with Gasteiger partial charge in [0.05, 0.1) is 11.9 Å². The molecule has 3 rings (SSSR count). The molecule has 1 saturated heterocycles. The number of aromatic nitrogens is 1. The van der Waals surface area contributed by atoms with Crippen LogP contribution in [0.2, 0.25) is 0 Å². The molecular formula is C21H27N3O. The zero-order valence-corrected chi connectivity index (χ0v) is 15.4. The molecule has 1 aromatic heterocycles. The van der Waals surface area contributed by atoms with Gasteiger partial charge >= 0.3 is 0 Å². The minimum atomic E-state index is -0.165.